The summed E-state index contributed by atoms with van der Waals surface area (Å²) in [7, 11) is 1.57. The van der Waals surface area contributed by atoms with Crippen molar-refractivity contribution >= 4 is 23.6 Å². The van der Waals surface area contributed by atoms with Crippen molar-refractivity contribution in [2.75, 3.05) is 19.0 Å². The highest BCUT2D eigenvalue weighted by Crippen LogP contribution is 2.28. The zero-order chi connectivity index (χ0) is 26.9. The number of rotatable bonds is 10. The van der Waals surface area contributed by atoms with Gasteiger partial charge in [0.25, 0.3) is 5.91 Å². The van der Waals surface area contributed by atoms with Gasteiger partial charge in [-0.25, -0.2) is 4.79 Å². The Bertz CT molecular complexity index is 1030. The molecule has 0 aliphatic rings. The second kappa shape index (κ2) is 13.0. The van der Waals surface area contributed by atoms with Crippen molar-refractivity contribution in [2.45, 2.75) is 72.1 Å². The monoisotopic (exact) mass is 497 g/mol. The zero-order valence-electron chi connectivity index (χ0n) is 22.4. The van der Waals surface area contributed by atoms with E-state index in [1.807, 2.05) is 38.1 Å². The summed E-state index contributed by atoms with van der Waals surface area (Å²) in [6, 6.07) is 12.7. The largest absolute Gasteiger partial charge is 0.497 e. The second-order valence-corrected chi connectivity index (χ2v) is 9.73. The lowest BCUT2D eigenvalue weighted by atomic mass is 9.97. The Morgan fingerprint density at radius 1 is 1.03 bits per heavy atom. The van der Waals surface area contributed by atoms with Gasteiger partial charge in [0.15, 0.2) is 0 Å². The van der Waals surface area contributed by atoms with Gasteiger partial charge >= 0.3 is 6.09 Å². The maximum Gasteiger partial charge on any atom is 0.408 e. The molecule has 2 rings (SSSR count). The minimum absolute atomic E-state index is 0.344. The molecule has 8 heteroatoms. The van der Waals surface area contributed by atoms with E-state index in [4.69, 9.17) is 9.47 Å². The number of methoxy groups -OCH3 is 1. The molecule has 0 saturated carbocycles. The number of hydrogen-bond acceptors (Lipinski definition) is 5. The van der Waals surface area contributed by atoms with Gasteiger partial charge in [-0.05, 0) is 76.4 Å². The van der Waals surface area contributed by atoms with Crippen LogP contribution in [0.5, 0.6) is 5.75 Å². The Balaban J connectivity index is 2.41. The van der Waals surface area contributed by atoms with E-state index >= 15 is 0 Å². The summed E-state index contributed by atoms with van der Waals surface area (Å²) in [6.07, 6.45) is 0.843. The van der Waals surface area contributed by atoms with E-state index in [2.05, 4.69) is 10.6 Å². The molecule has 2 aromatic rings. The van der Waals surface area contributed by atoms with Crippen molar-refractivity contribution in [3.05, 3.63) is 59.7 Å². The van der Waals surface area contributed by atoms with Crippen LogP contribution in [0.15, 0.2) is 48.5 Å². The molecule has 0 aliphatic heterocycles. The molecule has 0 saturated heterocycles. The molecule has 0 aromatic heterocycles. The summed E-state index contributed by atoms with van der Waals surface area (Å²) in [4.78, 5) is 41.3. The number of nitrogens with zero attached hydrogens (tertiary/aromatic N) is 1. The third-order valence-corrected chi connectivity index (χ3v) is 5.54. The number of alkyl carbamates (subject to hydrolysis) is 1. The van der Waals surface area contributed by atoms with Crippen LogP contribution in [0.1, 0.15) is 64.6 Å². The normalized spacial score (nSPS) is 12.8. The predicted octanol–water partition coefficient (Wildman–Crippen LogP) is 5.23. The third-order valence-electron chi connectivity index (χ3n) is 5.54. The van der Waals surface area contributed by atoms with E-state index in [9.17, 15) is 14.4 Å². The predicted molar refractivity (Wildman–Crippen MR) is 141 cm³/mol. The number of aryl methyl sites for hydroxylation is 1. The third kappa shape index (κ3) is 8.29. The van der Waals surface area contributed by atoms with Crippen molar-refractivity contribution in [1.29, 1.82) is 0 Å². The highest BCUT2D eigenvalue weighted by atomic mass is 16.6. The summed E-state index contributed by atoms with van der Waals surface area (Å²) < 4.78 is 10.5. The van der Waals surface area contributed by atoms with E-state index in [0.29, 0.717) is 24.4 Å². The molecule has 0 fully saturated rings. The quantitative estimate of drug-likeness (QED) is 0.469. The van der Waals surface area contributed by atoms with Crippen LogP contribution in [0.25, 0.3) is 0 Å². The topological polar surface area (TPSA) is 97.0 Å². The number of carbonyl (C=O) groups is 3. The molecule has 0 heterocycles. The number of nitrogens with one attached hydrogen (secondary N) is 2. The minimum atomic E-state index is -0.893. The molecule has 196 valence electrons. The number of ether oxygens (including phenoxy) is 2. The summed E-state index contributed by atoms with van der Waals surface area (Å²) in [6.45, 7) is 11.1. The molecule has 2 N–H and O–H groups in total. The molecular formula is C28H39N3O5. The van der Waals surface area contributed by atoms with Crippen molar-refractivity contribution in [3.63, 3.8) is 0 Å². The summed E-state index contributed by atoms with van der Waals surface area (Å²) >= 11 is 0. The van der Waals surface area contributed by atoms with Gasteiger partial charge in [-0.1, -0.05) is 37.6 Å². The van der Waals surface area contributed by atoms with E-state index in [1.54, 1.807) is 64.0 Å². The van der Waals surface area contributed by atoms with Gasteiger partial charge in [0, 0.05) is 12.2 Å². The van der Waals surface area contributed by atoms with Crippen LogP contribution >= 0.6 is 0 Å². The molecule has 2 atom stereocenters. The molecule has 0 aliphatic carbocycles. The Labute approximate surface area is 214 Å². The van der Waals surface area contributed by atoms with Gasteiger partial charge < -0.3 is 25.0 Å². The van der Waals surface area contributed by atoms with Crippen LogP contribution in [0.2, 0.25) is 0 Å². The minimum Gasteiger partial charge on any atom is -0.497 e. The van der Waals surface area contributed by atoms with Crippen molar-refractivity contribution in [2.24, 2.45) is 0 Å². The van der Waals surface area contributed by atoms with Crippen LogP contribution in [-0.4, -0.2) is 48.1 Å². The maximum absolute atomic E-state index is 13.7. The average Bonchev–Trinajstić information content (AvgIpc) is 2.81. The number of anilines is 1. The summed E-state index contributed by atoms with van der Waals surface area (Å²) in [5.74, 6) is -0.0407. The van der Waals surface area contributed by atoms with Crippen LogP contribution in [0.3, 0.4) is 0 Å². The Hall–Kier alpha value is -3.55. The number of unbranched alkanes of at least 4 members (excludes halogenated alkanes) is 1. The number of carbonyl (C=O) groups excluding carboxylic acids is 3. The van der Waals surface area contributed by atoms with Gasteiger partial charge in [0.1, 0.15) is 23.4 Å². The van der Waals surface area contributed by atoms with E-state index in [0.717, 1.165) is 17.5 Å². The SMILES string of the molecule is CCCCN(C(=O)C(C)NC(=O)OC(C)(C)C)C(C(=O)Nc1ccc(OC)cc1)c1ccccc1C. The summed E-state index contributed by atoms with van der Waals surface area (Å²) in [5.41, 5.74) is 1.49. The molecular weight excluding hydrogens is 458 g/mol. The fraction of sp³-hybridized carbons (Fsp3) is 0.464. The van der Waals surface area contributed by atoms with Gasteiger partial charge in [-0.15, -0.1) is 0 Å². The lowest BCUT2D eigenvalue weighted by Crippen LogP contribution is -2.51. The van der Waals surface area contributed by atoms with Crippen LogP contribution in [0.4, 0.5) is 10.5 Å². The standard InChI is InChI=1S/C28H39N3O5/c1-8-9-18-31(26(33)20(3)29-27(34)36-28(4,5)6)24(23-13-11-10-12-19(23)2)25(32)30-21-14-16-22(35-7)17-15-21/h10-17,20,24H,8-9,18H2,1-7H3,(H,29,34)(H,30,32). The lowest BCUT2D eigenvalue weighted by Gasteiger charge is -2.34. The molecule has 0 spiro atoms. The highest BCUT2D eigenvalue weighted by molar-refractivity contribution is 5.99. The first kappa shape index (κ1) is 28.7. The number of amides is 3. The van der Waals surface area contributed by atoms with Crippen LogP contribution < -0.4 is 15.4 Å². The fourth-order valence-electron chi connectivity index (χ4n) is 3.72. The van der Waals surface area contributed by atoms with Gasteiger partial charge in [0.2, 0.25) is 5.91 Å². The van der Waals surface area contributed by atoms with E-state index in [1.165, 1.54) is 0 Å². The van der Waals surface area contributed by atoms with Crippen LogP contribution in [-0.2, 0) is 14.3 Å². The first-order valence-corrected chi connectivity index (χ1v) is 12.3. The average molecular weight is 498 g/mol. The van der Waals surface area contributed by atoms with Crippen molar-refractivity contribution in [1.82, 2.24) is 10.2 Å². The first-order chi connectivity index (χ1) is 17.0. The molecule has 2 aromatic carbocycles. The maximum atomic E-state index is 13.7. The summed E-state index contributed by atoms with van der Waals surface area (Å²) in [5, 5.41) is 5.56. The Morgan fingerprint density at radius 2 is 1.67 bits per heavy atom. The van der Waals surface area contributed by atoms with Crippen LogP contribution in [0, 0.1) is 6.92 Å². The van der Waals surface area contributed by atoms with Gasteiger partial charge in [-0.3, -0.25) is 9.59 Å². The van der Waals surface area contributed by atoms with Crippen molar-refractivity contribution in [3.8, 4) is 5.75 Å². The number of hydrogen-bond donors (Lipinski definition) is 2. The zero-order valence-corrected chi connectivity index (χ0v) is 22.4. The second-order valence-electron chi connectivity index (χ2n) is 9.73. The molecule has 8 nitrogen and oxygen atoms in total. The lowest BCUT2D eigenvalue weighted by molar-refractivity contribution is -0.140. The highest BCUT2D eigenvalue weighted by Gasteiger charge is 2.35. The smallest absolute Gasteiger partial charge is 0.408 e. The molecule has 36 heavy (non-hydrogen) atoms. The first-order valence-electron chi connectivity index (χ1n) is 12.3. The Kier molecular flexibility index (Phi) is 10.3. The van der Waals surface area contributed by atoms with Gasteiger partial charge in [-0.2, -0.15) is 0 Å². The number of benzene rings is 2. The Morgan fingerprint density at radius 3 is 2.22 bits per heavy atom. The van der Waals surface area contributed by atoms with E-state index < -0.39 is 23.8 Å². The molecule has 2 unspecified atom stereocenters. The fourth-order valence-corrected chi connectivity index (χ4v) is 3.72. The van der Waals surface area contributed by atoms with Gasteiger partial charge in [0.05, 0.1) is 7.11 Å². The van der Waals surface area contributed by atoms with E-state index in [-0.39, 0.29) is 11.8 Å². The molecule has 0 bridgehead atoms. The molecule has 3 amide bonds. The molecule has 0 radical (unpaired) electrons. The van der Waals surface area contributed by atoms with Crippen molar-refractivity contribution < 1.29 is 23.9 Å².